The fourth-order valence-electron chi connectivity index (χ4n) is 4.28. The van der Waals surface area contributed by atoms with Crippen LogP contribution in [0, 0.1) is 5.92 Å². The smallest absolute Gasteiger partial charge is 0.225 e. The second-order valence-electron chi connectivity index (χ2n) is 8.85. The molecular weight excluding hydrogens is 477 g/mol. The number of nitrogens with one attached hydrogen (secondary N) is 3. The zero-order chi connectivity index (χ0) is 20.1. The molecule has 3 rings (SSSR count). The average Bonchev–Trinajstić information content (AvgIpc) is 2.67. The molecule has 3 N–H and O–H groups in total. The molecule has 0 aliphatic carbocycles. The Hall–Kier alpha value is -1.35. The number of guanidine groups is 1. The zero-order valence-corrected chi connectivity index (χ0v) is 20.5. The predicted molar refractivity (Wildman–Crippen MR) is 131 cm³/mol. The highest BCUT2D eigenvalue weighted by Crippen LogP contribution is 2.31. The first-order valence-corrected chi connectivity index (χ1v) is 10.5. The van der Waals surface area contributed by atoms with E-state index in [1.807, 2.05) is 18.2 Å². The SMILES string of the molecule is CN=C(NCC1CC(=O)Nc2ccccc21)NCC(C)(C)N1CCCC(C)C1.I. The number of hydrogen-bond donors (Lipinski definition) is 3. The molecule has 0 radical (unpaired) electrons. The van der Waals surface area contributed by atoms with Gasteiger partial charge >= 0.3 is 0 Å². The van der Waals surface area contributed by atoms with E-state index < -0.39 is 0 Å². The lowest BCUT2D eigenvalue weighted by molar-refractivity contribution is -0.116. The molecule has 2 heterocycles. The van der Waals surface area contributed by atoms with E-state index in [4.69, 9.17) is 0 Å². The number of carbonyl (C=O) groups excluding carboxylic acids is 1. The number of nitrogens with zero attached hydrogens (tertiary/aromatic N) is 2. The van der Waals surface area contributed by atoms with E-state index in [9.17, 15) is 4.79 Å². The van der Waals surface area contributed by atoms with E-state index in [0.29, 0.717) is 13.0 Å². The van der Waals surface area contributed by atoms with Crippen LogP contribution in [0.15, 0.2) is 29.3 Å². The number of fused-ring (bicyclic) bond motifs is 1. The van der Waals surface area contributed by atoms with Gasteiger partial charge in [-0.2, -0.15) is 0 Å². The van der Waals surface area contributed by atoms with Crippen molar-refractivity contribution < 1.29 is 4.79 Å². The molecule has 7 heteroatoms. The van der Waals surface area contributed by atoms with Gasteiger partial charge in [0.05, 0.1) is 0 Å². The third-order valence-electron chi connectivity index (χ3n) is 6.05. The number of para-hydroxylation sites is 1. The highest BCUT2D eigenvalue weighted by atomic mass is 127. The summed E-state index contributed by atoms with van der Waals surface area (Å²) < 4.78 is 0. The number of carbonyl (C=O) groups is 1. The van der Waals surface area contributed by atoms with Crippen LogP contribution in [0.4, 0.5) is 5.69 Å². The number of aliphatic imine (C=N–C) groups is 1. The largest absolute Gasteiger partial charge is 0.356 e. The highest BCUT2D eigenvalue weighted by molar-refractivity contribution is 14.0. The normalized spacial score (nSPS) is 22.9. The molecule has 2 atom stereocenters. The number of benzene rings is 1. The van der Waals surface area contributed by atoms with Crippen molar-refractivity contribution in [1.29, 1.82) is 0 Å². The molecule has 6 nitrogen and oxygen atoms in total. The minimum absolute atomic E-state index is 0. The van der Waals surface area contributed by atoms with Crippen LogP contribution in [0.2, 0.25) is 0 Å². The first-order chi connectivity index (χ1) is 13.4. The Morgan fingerprint density at radius 1 is 1.31 bits per heavy atom. The van der Waals surface area contributed by atoms with Crippen LogP contribution in [0.25, 0.3) is 0 Å². The van der Waals surface area contributed by atoms with Crippen molar-refractivity contribution in [2.45, 2.75) is 51.5 Å². The first kappa shape index (κ1) is 23.9. The second-order valence-corrected chi connectivity index (χ2v) is 8.85. The number of halogens is 1. The number of hydrogen-bond acceptors (Lipinski definition) is 3. The van der Waals surface area contributed by atoms with Crippen molar-refractivity contribution in [1.82, 2.24) is 15.5 Å². The topological polar surface area (TPSA) is 68.8 Å². The maximum absolute atomic E-state index is 12.0. The van der Waals surface area contributed by atoms with Gasteiger partial charge in [0, 0.05) is 50.2 Å². The summed E-state index contributed by atoms with van der Waals surface area (Å²) in [6.07, 6.45) is 3.11. The summed E-state index contributed by atoms with van der Waals surface area (Å²) in [4.78, 5) is 19.0. The highest BCUT2D eigenvalue weighted by Gasteiger charge is 2.30. The Balaban J connectivity index is 0.00000300. The molecule has 1 amide bonds. The molecule has 162 valence electrons. The molecule has 0 bridgehead atoms. The lowest BCUT2D eigenvalue weighted by Crippen LogP contribution is -2.56. The van der Waals surface area contributed by atoms with Crippen LogP contribution in [0.1, 0.15) is 51.5 Å². The number of piperidine rings is 1. The predicted octanol–water partition coefficient (Wildman–Crippen LogP) is 3.41. The van der Waals surface area contributed by atoms with Crippen molar-refractivity contribution in [2.75, 3.05) is 38.5 Å². The van der Waals surface area contributed by atoms with Gasteiger partial charge in [0.15, 0.2) is 5.96 Å². The van der Waals surface area contributed by atoms with Crippen molar-refractivity contribution in [3.05, 3.63) is 29.8 Å². The maximum atomic E-state index is 12.0. The molecule has 0 spiro atoms. The molecule has 2 aliphatic heterocycles. The van der Waals surface area contributed by atoms with E-state index in [1.54, 1.807) is 7.05 Å². The summed E-state index contributed by atoms with van der Waals surface area (Å²) in [5.74, 6) is 1.79. The Bertz CT molecular complexity index is 721. The Morgan fingerprint density at radius 3 is 2.79 bits per heavy atom. The molecule has 2 aliphatic rings. The summed E-state index contributed by atoms with van der Waals surface area (Å²) >= 11 is 0. The maximum Gasteiger partial charge on any atom is 0.225 e. The van der Waals surface area contributed by atoms with Gasteiger partial charge in [-0.1, -0.05) is 25.1 Å². The van der Waals surface area contributed by atoms with Gasteiger partial charge in [0.25, 0.3) is 0 Å². The van der Waals surface area contributed by atoms with Gasteiger partial charge in [-0.3, -0.25) is 14.7 Å². The van der Waals surface area contributed by atoms with Crippen LogP contribution in [0.5, 0.6) is 0 Å². The van der Waals surface area contributed by atoms with Gasteiger partial charge < -0.3 is 16.0 Å². The Labute approximate surface area is 192 Å². The van der Waals surface area contributed by atoms with Crippen LogP contribution >= 0.6 is 24.0 Å². The third-order valence-corrected chi connectivity index (χ3v) is 6.05. The van der Waals surface area contributed by atoms with Gasteiger partial charge in [-0.25, -0.2) is 0 Å². The van der Waals surface area contributed by atoms with E-state index in [0.717, 1.165) is 30.7 Å². The molecular formula is C22H36IN5O. The quantitative estimate of drug-likeness (QED) is 0.321. The molecule has 1 aromatic rings. The number of likely N-dealkylation sites (tertiary alicyclic amines) is 1. The lowest BCUT2D eigenvalue weighted by Gasteiger charge is -2.43. The van der Waals surface area contributed by atoms with Gasteiger partial charge in [-0.15, -0.1) is 24.0 Å². The van der Waals surface area contributed by atoms with Crippen LogP contribution in [-0.2, 0) is 4.79 Å². The molecule has 1 fully saturated rings. The molecule has 29 heavy (non-hydrogen) atoms. The lowest BCUT2D eigenvalue weighted by atomic mass is 9.90. The van der Waals surface area contributed by atoms with Crippen molar-refractivity contribution in [2.24, 2.45) is 10.9 Å². The van der Waals surface area contributed by atoms with Crippen molar-refractivity contribution in [3.8, 4) is 0 Å². The minimum Gasteiger partial charge on any atom is -0.356 e. The first-order valence-electron chi connectivity index (χ1n) is 10.5. The number of anilines is 1. The standard InChI is InChI=1S/C22H35N5O.HI/c1-16-8-7-11-27(14-16)22(2,3)15-25-21(23-4)24-13-17-12-20(28)26-19-10-6-5-9-18(17)19;/h5-6,9-10,16-17H,7-8,11-15H2,1-4H3,(H,26,28)(H2,23,24,25);1H. The summed E-state index contributed by atoms with van der Waals surface area (Å²) in [7, 11) is 1.80. The zero-order valence-electron chi connectivity index (χ0n) is 18.1. The molecule has 1 aromatic carbocycles. The van der Waals surface area contributed by atoms with Crippen LogP contribution in [0.3, 0.4) is 0 Å². The summed E-state index contributed by atoms with van der Waals surface area (Å²) in [5, 5.41) is 9.88. The van der Waals surface area contributed by atoms with E-state index in [-0.39, 0.29) is 41.3 Å². The minimum atomic E-state index is 0. The van der Waals surface area contributed by atoms with E-state index in [1.165, 1.54) is 24.9 Å². The van der Waals surface area contributed by atoms with Gasteiger partial charge in [0.2, 0.25) is 5.91 Å². The fourth-order valence-corrected chi connectivity index (χ4v) is 4.28. The van der Waals surface area contributed by atoms with Crippen molar-refractivity contribution in [3.63, 3.8) is 0 Å². The number of amides is 1. The van der Waals surface area contributed by atoms with Gasteiger partial charge in [-0.05, 0) is 50.8 Å². The van der Waals surface area contributed by atoms with Gasteiger partial charge in [0.1, 0.15) is 0 Å². The monoisotopic (exact) mass is 513 g/mol. The Kier molecular flexibility index (Phi) is 8.75. The Morgan fingerprint density at radius 2 is 2.07 bits per heavy atom. The van der Waals surface area contributed by atoms with Crippen LogP contribution in [-0.4, -0.2) is 55.5 Å². The molecule has 0 aromatic heterocycles. The van der Waals surface area contributed by atoms with Crippen molar-refractivity contribution >= 4 is 41.5 Å². The van der Waals surface area contributed by atoms with Crippen LogP contribution < -0.4 is 16.0 Å². The van der Waals surface area contributed by atoms with E-state index in [2.05, 4.69) is 52.7 Å². The summed E-state index contributed by atoms with van der Waals surface area (Å²) in [5.41, 5.74) is 2.19. The number of rotatable bonds is 5. The average molecular weight is 513 g/mol. The molecule has 2 unspecified atom stereocenters. The summed E-state index contributed by atoms with van der Waals surface area (Å²) in [6, 6.07) is 8.05. The third kappa shape index (κ3) is 6.31. The summed E-state index contributed by atoms with van der Waals surface area (Å²) in [6.45, 7) is 10.8. The fraction of sp³-hybridized carbons (Fsp3) is 0.636. The second kappa shape index (κ2) is 10.6. The molecule has 1 saturated heterocycles. The molecule has 0 saturated carbocycles. The van der Waals surface area contributed by atoms with E-state index >= 15 is 0 Å².